The average Bonchev–Trinajstić information content (AvgIpc) is 2.92. The lowest BCUT2D eigenvalue weighted by Gasteiger charge is -2.17. The first-order chi connectivity index (χ1) is 11.5. The van der Waals surface area contributed by atoms with Crippen LogP contribution in [-0.4, -0.2) is 25.0 Å². The smallest absolute Gasteiger partial charge is 0.289 e. The lowest BCUT2D eigenvalue weighted by atomic mass is 10.1. The van der Waals surface area contributed by atoms with Gasteiger partial charge < -0.3 is 14.1 Å². The lowest BCUT2D eigenvalue weighted by Crippen LogP contribution is -2.26. The van der Waals surface area contributed by atoms with Gasteiger partial charge in [0.25, 0.3) is 5.91 Å². The van der Waals surface area contributed by atoms with Gasteiger partial charge in [0.15, 0.2) is 5.76 Å². The summed E-state index contributed by atoms with van der Waals surface area (Å²) < 4.78 is 11.1. The number of amides is 1. The quantitative estimate of drug-likeness (QED) is 0.717. The molecule has 4 nitrogen and oxygen atoms in total. The van der Waals surface area contributed by atoms with Crippen molar-refractivity contribution in [2.45, 2.75) is 20.4 Å². The first kappa shape index (κ1) is 16.1. The number of hydrogen-bond acceptors (Lipinski definition) is 3. The molecule has 0 spiro atoms. The summed E-state index contributed by atoms with van der Waals surface area (Å²) in [5, 5.41) is 0.905. The Morgan fingerprint density at radius 1 is 1.17 bits per heavy atom. The Labute approximate surface area is 141 Å². The highest BCUT2D eigenvalue weighted by Gasteiger charge is 2.21. The Morgan fingerprint density at radius 3 is 2.62 bits per heavy atom. The molecule has 124 valence electrons. The van der Waals surface area contributed by atoms with Gasteiger partial charge in [-0.3, -0.25) is 4.79 Å². The summed E-state index contributed by atoms with van der Waals surface area (Å²) in [4.78, 5) is 14.5. The topological polar surface area (TPSA) is 42.7 Å². The van der Waals surface area contributed by atoms with Gasteiger partial charge in [-0.15, -0.1) is 0 Å². The van der Waals surface area contributed by atoms with E-state index < -0.39 is 0 Å². The van der Waals surface area contributed by atoms with Crippen molar-refractivity contribution in [3.63, 3.8) is 0 Å². The van der Waals surface area contributed by atoms with Gasteiger partial charge in [-0.25, -0.2) is 0 Å². The van der Waals surface area contributed by atoms with Crippen molar-refractivity contribution in [2.24, 2.45) is 0 Å². The first-order valence-electron chi connectivity index (χ1n) is 7.88. The molecule has 3 rings (SSSR count). The third-order valence-electron chi connectivity index (χ3n) is 4.35. The molecule has 1 amide bonds. The van der Waals surface area contributed by atoms with Crippen molar-refractivity contribution in [2.75, 3.05) is 14.2 Å². The average molecular weight is 323 g/mol. The number of rotatable bonds is 4. The Bertz CT molecular complexity index is 895. The van der Waals surface area contributed by atoms with Gasteiger partial charge in [0.1, 0.15) is 11.3 Å². The first-order valence-corrected chi connectivity index (χ1v) is 7.88. The molecule has 0 aliphatic carbocycles. The van der Waals surface area contributed by atoms with E-state index in [9.17, 15) is 4.79 Å². The van der Waals surface area contributed by atoms with Gasteiger partial charge in [0.05, 0.1) is 7.11 Å². The summed E-state index contributed by atoms with van der Waals surface area (Å²) >= 11 is 0. The number of furan rings is 1. The van der Waals surface area contributed by atoms with Crippen molar-refractivity contribution in [3.05, 3.63) is 64.9 Å². The van der Waals surface area contributed by atoms with Crippen LogP contribution < -0.4 is 4.74 Å². The zero-order chi connectivity index (χ0) is 17.3. The number of carbonyl (C=O) groups excluding carboxylic acids is 1. The number of fused-ring (bicyclic) bond motifs is 1. The molecule has 0 saturated carbocycles. The van der Waals surface area contributed by atoms with E-state index in [4.69, 9.17) is 9.15 Å². The van der Waals surface area contributed by atoms with Crippen molar-refractivity contribution in [1.82, 2.24) is 4.90 Å². The second-order valence-electron chi connectivity index (χ2n) is 6.01. The van der Waals surface area contributed by atoms with Gasteiger partial charge in [0.2, 0.25) is 0 Å². The number of ether oxygens (including phenoxy) is 1. The minimum absolute atomic E-state index is 0.120. The maximum Gasteiger partial charge on any atom is 0.289 e. The molecule has 4 heteroatoms. The maximum absolute atomic E-state index is 12.8. The van der Waals surface area contributed by atoms with E-state index in [0.717, 1.165) is 22.3 Å². The van der Waals surface area contributed by atoms with E-state index in [0.29, 0.717) is 17.9 Å². The summed E-state index contributed by atoms with van der Waals surface area (Å²) in [6, 6.07) is 13.6. The molecule has 0 bridgehead atoms. The fourth-order valence-corrected chi connectivity index (χ4v) is 2.82. The van der Waals surface area contributed by atoms with E-state index in [1.165, 1.54) is 5.56 Å². The molecule has 3 aromatic rings. The number of hydrogen-bond donors (Lipinski definition) is 0. The predicted molar refractivity (Wildman–Crippen MR) is 94.5 cm³/mol. The summed E-state index contributed by atoms with van der Waals surface area (Å²) in [6.45, 7) is 4.50. The highest BCUT2D eigenvalue weighted by Crippen LogP contribution is 2.29. The highest BCUT2D eigenvalue weighted by atomic mass is 16.5. The third kappa shape index (κ3) is 2.87. The normalized spacial score (nSPS) is 10.8. The van der Waals surface area contributed by atoms with Crippen LogP contribution in [0.1, 0.15) is 27.2 Å². The van der Waals surface area contributed by atoms with Crippen LogP contribution in [-0.2, 0) is 6.54 Å². The van der Waals surface area contributed by atoms with E-state index in [1.54, 1.807) is 19.1 Å². The van der Waals surface area contributed by atoms with Crippen LogP contribution in [0.5, 0.6) is 5.75 Å². The fourth-order valence-electron chi connectivity index (χ4n) is 2.82. The van der Waals surface area contributed by atoms with E-state index in [2.05, 4.69) is 0 Å². The highest BCUT2D eigenvalue weighted by molar-refractivity contribution is 5.99. The van der Waals surface area contributed by atoms with Crippen molar-refractivity contribution in [1.29, 1.82) is 0 Å². The van der Waals surface area contributed by atoms with Crippen LogP contribution >= 0.6 is 0 Å². The van der Waals surface area contributed by atoms with Crippen molar-refractivity contribution in [3.8, 4) is 5.75 Å². The van der Waals surface area contributed by atoms with Crippen molar-refractivity contribution < 1.29 is 13.9 Å². The summed E-state index contributed by atoms with van der Waals surface area (Å²) in [6.07, 6.45) is 0. The maximum atomic E-state index is 12.8. The zero-order valence-corrected chi connectivity index (χ0v) is 14.4. The minimum atomic E-state index is -0.120. The Hall–Kier alpha value is -2.75. The van der Waals surface area contributed by atoms with Crippen LogP contribution in [0.25, 0.3) is 11.0 Å². The molecule has 0 aliphatic heterocycles. The van der Waals surface area contributed by atoms with E-state index >= 15 is 0 Å². The molecule has 1 heterocycles. The molecule has 0 atom stereocenters. The lowest BCUT2D eigenvalue weighted by molar-refractivity contribution is 0.0754. The van der Waals surface area contributed by atoms with Crippen LogP contribution in [0.2, 0.25) is 0 Å². The molecule has 2 aromatic carbocycles. The molecule has 24 heavy (non-hydrogen) atoms. The minimum Gasteiger partial charge on any atom is -0.497 e. The number of carbonyl (C=O) groups is 1. The SMILES string of the molecule is COc1ccc2oc(C(=O)N(C)Cc3ccccc3C)c(C)c2c1. The van der Waals surface area contributed by atoms with E-state index in [1.807, 2.05) is 56.3 Å². The van der Waals surface area contributed by atoms with Crippen LogP contribution in [0.15, 0.2) is 46.9 Å². The van der Waals surface area contributed by atoms with E-state index in [-0.39, 0.29) is 5.91 Å². The predicted octanol–water partition coefficient (Wildman–Crippen LogP) is 4.33. The summed E-state index contributed by atoms with van der Waals surface area (Å²) in [5.41, 5.74) is 3.83. The molecule has 0 radical (unpaired) electrons. The Morgan fingerprint density at radius 2 is 1.92 bits per heavy atom. The second-order valence-corrected chi connectivity index (χ2v) is 6.01. The monoisotopic (exact) mass is 323 g/mol. The third-order valence-corrected chi connectivity index (χ3v) is 4.35. The largest absolute Gasteiger partial charge is 0.497 e. The van der Waals surface area contributed by atoms with Crippen molar-refractivity contribution >= 4 is 16.9 Å². The Balaban J connectivity index is 1.90. The molecular formula is C20H21NO3. The molecular weight excluding hydrogens is 302 g/mol. The second kappa shape index (κ2) is 6.40. The standard InChI is InChI=1S/C20H21NO3/c1-13-7-5-6-8-15(13)12-21(3)20(22)19-14(2)17-11-16(23-4)9-10-18(17)24-19/h5-11H,12H2,1-4H3. The summed E-state index contributed by atoms with van der Waals surface area (Å²) in [7, 11) is 3.42. The number of nitrogens with zero attached hydrogens (tertiary/aromatic N) is 1. The molecule has 1 aromatic heterocycles. The zero-order valence-electron chi connectivity index (χ0n) is 14.4. The molecule has 0 fully saturated rings. The Kier molecular flexibility index (Phi) is 4.30. The van der Waals surface area contributed by atoms with Gasteiger partial charge >= 0.3 is 0 Å². The van der Waals surface area contributed by atoms with Crippen LogP contribution in [0.3, 0.4) is 0 Å². The number of methoxy groups -OCH3 is 1. The van der Waals surface area contributed by atoms with Gasteiger partial charge in [-0.1, -0.05) is 24.3 Å². The number of aryl methyl sites for hydroxylation is 2. The van der Waals surface area contributed by atoms with Gasteiger partial charge in [0, 0.05) is 24.5 Å². The van der Waals surface area contributed by atoms with Crippen LogP contribution in [0, 0.1) is 13.8 Å². The number of benzene rings is 2. The fraction of sp³-hybridized carbons (Fsp3) is 0.250. The summed E-state index contributed by atoms with van der Waals surface area (Å²) in [5.74, 6) is 1.01. The van der Waals surface area contributed by atoms with Crippen LogP contribution in [0.4, 0.5) is 0 Å². The van der Waals surface area contributed by atoms with Gasteiger partial charge in [-0.2, -0.15) is 0 Å². The molecule has 0 saturated heterocycles. The molecule has 0 aliphatic rings. The molecule has 0 unspecified atom stereocenters. The van der Waals surface area contributed by atoms with Gasteiger partial charge in [-0.05, 0) is 43.2 Å². The molecule has 0 N–H and O–H groups in total.